The predicted molar refractivity (Wildman–Crippen MR) is 149 cm³/mol. The van der Waals surface area contributed by atoms with Gasteiger partial charge in [0, 0.05) is 42.4 Å². The van der Waals surface area contributed by atoms with E-state index in [9.17, 15) is 0 Å². The van der Waals surface area contributed by atoms with E-state index in [-0.39, 0.29) is 18.5 Å². The van der Waals surface area contributed by atoms with Gasteiger partial charge in [-0.25, -0.2) is 9.97 Å². The summed E-state index contributed by atoms with van der Waals surface area (Å²) in [6.07, 6.45) is 6.03. The number of aromatic nitrogens is 3. The number of hydrogen-bond acceptors (Lipinski definition) is 5. The molecule has 1 fully saturated rings. The van der Waals surface area contributed by atoms with Crippen LogP contribution in [0.5, 0.6) is 5.75 Å². The highest BCUT2D eigenvalue weighted by atomic mass is 35.5. The van der Waals surface area contributed by atoms with Crippen molar-refractivity contribution >= 4 is 45.7 Å². The Kier molecular flexibility index (Phi) is 7.07. The molecular weight excluding hydrogens is 470 g/mol. The molecular formula is C29H30ClN5O. The molecule has 2 aromatic heterocycles. The minimum atomic E-state index is 0. The first-order chi connectivity index (χ1) is 17.2. The summed E-state index contributed by atoms with van der Waals surface area (Å²) in [7, 11) is 2.16. The van der Waals surface area contributed by atoms with Gasteiger partial charge in [0.25, 0.3) is 0 Å². The maximum Gasteiger partial charge on any atom is 0.145 e. The monoisotopic (exact) mass is 499 g/mol. The molecule has 3 aromatic carbocycles. The van der Waals surface area contributed by atoms with Crippen molar-refractivity contribution in [1.29, 1.82) is 0 Å². The van der Waals surface area contributed by atoms with E-state index in [1.54, 1.807) is 6.33 Å². The van der Waals surface area contributed by atoms with Crippen LogP contribution in [0.4, 0.5) is 11.5 Å². The molecule has 1 aliphatic heterocycles. The highest BCUT2D eigenvalue weighted by molar-refractivity contribution is 5.96. The maximum absolute atomic E-state index is 6.48. The highest BCUT2D eigenvalue weighted by Gasteiger charge is 2.20. The molecule has 0 spiro atoms. The van der Waals surface area contributed by atoms with Gasteiger partial charge in [-0.3, -0.25) is 0 Å². The van der Waals surface area contributed by atoms with E-state index in [1.165, 1.54) is 16.5 Å². The number of rotatable bonds is 6. The lowest BCUT2D eigenvalue weighted by Gasteiger charge is -2.29. The third-order valence-corrected chi connectivity index (χ3v) is 6.81. The quantitative estimate of drug-likeness (QED) is 0.298. The maximum atomic E-state index is 6.48. The molecule has 6 rings (SSSR count). The number of hydrogen-bond donors (Lipinski definition) is 1. The first-order valence-electron chi connectivity index (χ1n) is 12.2. The van der Waals surface area contributed by atoms with Crippen LogP contribution < -0.4 is 10.1 Å². The summed E-state index contributed by atoms with van der Waals surface area (Å²) >= 11 is 0. The first kappa shape index (κ1) is 24.1. The van der Waals surface area contributed by atoms with E-state index in [1.807, 2.05) is 18.2 Å². The molecule has 0 atom stereocenters. The van der Waals surface area contributed by atoms with Gasteiger partial charge >= 0.3 is 0 Å². The second-order valence-corrected chi connectivity index (χ2v) is 9.32. The van der Waals surface area contributed by atoms with Crippen LogP contribution in [0.3, 0.4) is 0 Å². The molecule has 1 saturated heterocycles. The third kappa shape index (κ3) is 5.01. The van der Waals surface area contributed by atoms with Gasteiger partial charge in [-0.2, -0.15) is 0 Å². The Balaban J connectivity index is 0.00000267. The normalized spacial score (nSPS) is 14.6. The smallest absolute Gasteiger partial charge is 0.145 e. The molecule has 0 aliphatic carbocycles. The van der Waals surface area contributed by atoms with Crippen molar-refractivity contribution in [1.82, 2.24) is 19.4 Å². The van der Waals surface area contributed by atoms with E-state index >= 15 is 0 Å². The number of fused-ring (bicyclic) bond motifs is 2. The number of piperidine rings is 1. The zero-order valence-electron chi connectivity index (χ0n) is 20.3. The molecule has 0 bridgehead atoms. The molecule has 0 unspecified atom stereocenters. The van der Waals surface area contributed by atoms with Gasteiger partial charge in [0.05, 0.1) is 10.9 Å². The molecule has 184 valence electrons. The van der Waals surface area contributed by atoms with Crippen molar-refractivity contribution in [2.75, 3.05) is 25.5 Å². The van der Waals surface area contributed by atoms with Gasteiger partial charge in [-0.1, -0.05) is 36.4 Å². The number of benzene rings is 3. The van der Waals surface area contributed by atoms with Crippen molar-refractivity contribution in [3.63, 3.8) is 0 Å². The van der Waals surface area contributed by atoms with Gasteiger partial charge in [0.2, 0.25) is 0 Å². The second kappa shape index (κ2) is 10.6. The van der Waals surface area contributed by atoms with Crippen molar-refractivity contribution in [2.24, 2.45) is 0 Å². The van der Waals surface area contributed by atoms with E-state index in [0.29, 0.717) is 0 Å². The summed E-state index contributed by atoms with van der Waals surface area (Å²) in [4.78, 5) is 11.4. The number of anilines is 2. The zero-order chi connectivity index (χ0) is 23.6. The largest absolute Gasteiger partial charge is 0.489 e. The Morgan fingerprint density at radius 2 is 1.78 bits per heavy atom. The number of ether oxygens (including phenoxy) is 1. The van der Waals surface area contributed by atoms with Crippen LogP contribution in [-0.2, 0) is 6.54 Å². The van der Waals surface area contributed by atoms with Crippen molar-refractivity contribution in [3.8, 4) is 5.75 Å². The fraction of sp³-hybridized carbons (Fsp3) is 0.241. The third-order valence-electron chi connectivity index (χ3n) is 6.81. The summed E-state index contributed by atoms with van der Waals surface area (Å²) in [6.45, 7) is 2.97. The Labute approximate surface area is 217 Å². The van der Waals surface area contributed by atoms with Gasteiger partial charge < -0.3 is 19.5 Å². The van der Waals surface area contributed by atoms with Gasteiger partial charge in [0.1, 0.15) is 24.0 Å². The fourth-order valence-electron chi connectivity index (χ4n) is 4.89. The number of likely N-dealkylation sites (tertiary alicyclic amines) is 1. The standard InChI is InChI=1S/C29H29N5O.ClH/c1-33-15-13-24(14-16-33)35-27-9-5-8-25-28(27)29(31-20-30-25)32-23-10-11-26-22(18-23)12-17-34(26)19-21-6-3-2-4-7-21;/h2-12,17-18,20,24H,13-16,19H2,1H3,(H,30,31,32);1H. The van der Waals surface area contributed by atoms with Gasteiger partial charge in [0.15, 0.2) is 0 Å². The van der Waals surface area contributed by atoms with Crippen molar-refractivity contribution in [3.05, 3.63) is 90.9 Å². The fourth-order valence-corrected chi connectivity index (χ4v) is 4.89. The SMILES string of the molecule is CN1CCC(Oc2cccc3ncnc(Nc4ccc5c(ccn5Cc5ccccc5)c4)c23)CC1.Cl. The van der Waals surface area contributed by atoms with Crippen LogP contribution in [0.2, 0.25) is 0 Å². The topological polar surface area (TPSA) is 55.2 Å². The molecule has 0 saturated carbocycles. The number of halogens is 1. The lowest BCUT2D eigenvalue weighted by molar-refractivity contribution is 0.116. The number of nitrogens with zero attached hydrogens (tertiary/aromatic N) is 4. The van der Waals surface area contributed by atoms with Crippen LogP contribution in [0.25, 0.3) is 21.8 Å². The summed E-state index contributed by atoms with van der Waals surface area (Å²) in [5, 5.41) is 5.65. The highest BCUT2D eigenvalue weighted by Crippen LogP contribution is 2.34. The Morgan fingerprint density at radius 1 is 0.944 bits per heavy atom. The molecule has 3 heterocycles. The van der Waals surface area contributed by atoms with Crippen LogP contribution in [0.1, 0.15) is 18.4 Å². The van der Waals surface area contributed by atoms with Crippen LogP contribution in [0.15, 0.2) is 85.3 Å². The van der Waals surface area contributed by atoms with E-state index in [0.717, 1.165) is 60.6 Å². The Morgan fingerprint density at radius 3 is 2.61 bits per heavy atom. The molecule has 1 aliphatic rings. The minimum absolute atomic E-state index is 0. The van der Waals surface area contributed by atoms with Crippen LogP contribution >= 0.6 is 12.4 Å². The van der Waals surface area contributed by atoms with Crippen LogP contribution in [-0.4, -0.2) is 45.7 Å². The molecule has 5 aromatic rings. The zero-order valence-corrected chi connectivity index (χ0v) is 21.1. The van der Waals surface area contributed by atoms with Gasteiger partial charge in [-0.05, 0) is 61.9 Å². The van der Waals surface area contributed by atoms with E-state index in [4.69, 9.17) is 4.74 Å². The second-order valence-electron chi connectivity index (χ2n) is 9.32. The van der Waals surface area contributed by atoms with E-state index < -0.39 is 0 Å². The predicted octanol–water partition coefficient (Wildman–Crippen LogP) is 6.27. The van der Waals surface area contributed by atoms with Crippen molar-refractivity contribution in [2.45, 2.75) is 25.5 Å². The Bertz CT molecular complexity index is 1460. The van der Waals surface area contributed by atoms with Gasteiger partial charge in [-0.15, -0.1) is 12.4 Å². The minimum Gasteiger partial charge on any atom is -0.489 e. The molecule has 0 radical (unpaired) electrons. The number of nitrogens with one attached hydrogen (secondary N) is 1. The molecule has 6 nitrogen and oxygen atoms in total. The summed E-state index contributed by atoms with van der Waals surface area (Å²) < 4.78 is 8.76. The molecule has 1 N–H and O–H groups in total. The summed E-state index contributed by atoms with van der Waals surface area (Å²) in [5.41, 5.74) is 4.36. The summed E-state index contributed by atoms with van der Waals surface area (Å²) in [6, 6.07) is 25.2. The lowest BCUT2D eigenvalue weighted by Crippen LogP contribution is -2.35. The molecule has 7 heteroatoms. The average Bonchev–Trinajstić information content (AvgIpc) is 3.28. The lowest BCUT2D eigenvalue weighted by atomic mass is 10.1. The Hall–Kier alpha value is -3.61. The molecule has 0 amide bonds. The van der Waals surface area contributed by atoms with Crippen LogP contribution in [0, 0.1) is 0 Å². The average molecular weight is 500 g/mol. The first-order valence-corrected chi connectivity index (χ1v) is 12.2. The molecule has 36 heavy (non-hydrogen) atoms. The van der Waals surface area contributed by atoms with E-state index in [2.05, 4.69) is 92.6 Å². The van der Waals surface area contributed by atoms with Crippen molar-refractivity contribution < 1.29 is 4.74 Å². The summed E-state index contributed by atoms with van der Waals surface area (Å²) in [5.74, 6) is 1.61.